The van der Waals surface area contributed by atoms with Gasteiger partial charge in [-0.05, 0) is 59.2 Å². The van der Waals surface area contributed by atoms with Crippen LogP contribution in [0.2, 0.25) is 0 Å². The second-order valence-corrected chi connectivity index (χ2v) is 9.34. The van der Waals surface area contributed by atoms with Gasteiger partial charge in [0.15, 0.2) is 0 Å². The van der Waals surface area contributed by atoms with E-state index in [2.05, 4.69) is 11.4 Å². The summed E-state index contributed by atoms with van der Waals surface area (Å²) in [6, 6.07) is 31.7. The second kappa shape index (κ2) is 11.8. The molecule has 39 heavy (non-hydrogen) atoms. The third-order valence-electron chi connectivity index (χ3n) is 6.94. The van der Waals surface area contributed by atoms with E-state index in [4.69, 9.17) is 14.2 Å². The van der Waals surface area contributed by atoms with E-state index in [0.717, 1.165) is 56.1 Å². The molecule has 0 saturated carbocycles. The highest BCUT2D eigenvalue weighted by Crippen LogP contribution is 2.29. The average molecular weight is 521 g/mol. The van der Waals surface area contributed by atoms with Crippen molar-refractivity contribution >= 4 is 16.6 Å². The maximum Gasteiger partial charge on any atom is 0.256 e. The normalized spacial score (nSPS) is 10.8. The number of nitrogens with one attached hydrogen (secondary N) is 1. The quantitative estimate of drug-likeness (QED) is 0.235. The predicted molar refractivity (Wildman–Crippen MR) is 156 cm³/mol. The summed E-state index contributed by atoms with van der Waals surface area (Å²) in [7, 11) is 4.96. The highest BCUT2D eigenvalue weighted by Gasteiger charge is 2.18. The number of nitrogens with zero attached hydrogens (tertiary/aromatic N) is 1. The summed E-state index contributed by atoms with van der Waals surface area (Å²) in [4.78, 5) is 14.2. The Morgan fingerprint density at radius 2 is 1.15 bits per heavy atom. The average Bonchev–Trinajstić information content (AvgIpc) is 3.00. The first-order valence-electron chi connectivity index (χ1n) is 12.9. The molecule has 0 radical (unpaired) electrons. The molecule has 1 aromatic heterocycles. The van der Waals surface area contributed by atoms with E-state index in [9.17, 15) is 4.79 Å². The molecule has 198 valence electrons. The van der Waals surface area contributed by atoms with Gasteiger partial charge < -0.3 is 24.1 Å². The van der Waals surface area contributed by atoms with Crippen LogP contribution < -0.4 is 25.1 Å². The lowest BCUT2D eigenvalue weighted by atomic mass is 10.0. The second-order valence-electron chi connectivity index (χ2n) is 9.34. The maximum atomic E-state index is 14.2. The Labute approximate surface area is 228 Å². The van der Waals surface area contributed by atoms with Crippen LogP contribution in [0.15, 0.2) is 102 Å². The van der Waals surface area contributed by atoms with Crippen molar-refractivity contribution in [3.05, 3.63) is 130 Å². The van der Waals surface area contributed by atoms with Crippen LogP contribution in [-0.2, 0) is 19.5 Å². The zero-order valence-corrected chi connectivity index (χ0v) is 22.4. The number of benzene rings is 4. The molecule has 0 saturated heterocycles. The Kier molecular flexibility index (Phi) is 7.83. The van der Waals surface area contributed by atoms with Crippen LogP contribution in [0.25, 0.3) is 10.9 Å². The Morgan fingerprint density at radius 3 is 1.72 bits per heavy atom. The first-order chi connectivity index (χ1) is 19.1. The summed E-state index contributed by atoms with van der Waals surface area (Å²) in [6.07, 6.45) is 0.487. The van der Waals surface area contributed by atoms with Gasteiger partial charge in [0, 0.05) is 23.9 Å². The minimum Gasteiger partial charge on any atom is -0.497 e. The largest absolute Gasteiger partial charge is 0.497 e. The molecule has 0 amide bonds. The highest BCUT2D eigenvalue weighted by atomic mass is 16.5. The summed E-state index contributed by atoms with van der Waals surface area (Å²) in [5.74, 6) is 2.38. The summed E-state index contributed by atoms with van der Waals surface area (Å²) in [5.41, 5.74) is 5.60. The van der Waals surface area contributed by atoms with Crippen molar-refractivity contribution in [2.24, 2.45) is 0 Å². The first-order valence-corrected chi connectivity index (χ1v) is 12.9. The predicted octanol–water partition coefficient (Wildman–Crippen LogP) is 6.28. The van der Waals surface area contributed by atoms with Gasteiger partial charge in [-0.2, -0.15) is 0 Å². The zero-order valence-electron chi connectivity index (χ0n) is 22.4. The van der Waals surface area contributed by atoms with Crippen LogP contribution in [-0.4, -0.2) is 25.9 Å². The summed E-state index contributed by atoms with van der Waals surface area (Å²) in [5, 5.41) is 4.61. The first kappa shape index (κ1) is 25.9. The van der Waals surface area contributed by atoms with Crippen molar-refractivity contribution in [2.75, 3.05) is 26.6 Å². The number of pyridine rings is 1. The number of hydrogen-bond donors (Lipinski definition) is 1. The Bertz CT molecular complexity index is 1610. The number of ether oxygens (including phenoxy) is 3. The summed E-state index contributed by atoms with van der Waals surface area (Å²) < 4.78 is 17.8. The van der Waals surface area contributed by atoms with Crippen LogP contribution in [0.4, 0.5) is 5.69 Å². The lowest BCUT2D eigenvalue weighted by Crippen LogP contribution is -2.27. The van der Waals surface area contributed by atoms with Crippen LogP contribution in [0.1, 0.15) is 22.3 Å². The fraction of sp³-hybridized carbons (Fsp3) is 0.182. The number of fused-ring (bicyclic) bond motifs is 1. The van der Waals surface area contributed by atoms with Crippen molar-refractivity contribution in [3.8, 4) is 17.2 Å². The van der Waals surface area contributed by atoms with Crippen molar-refractivity contribution in [2.45, 2.75) is 19.5 Å². The van der Waals surface area contributed by atoms with Crippen LogP contribution in [0.5, 0.6) is 17.2 Å². The van der Waals surface area contributed by atoms with Crippen LogP contribution in [0.3, 0.4) is 0 Å². The van der Waals surface area contributed by atoms with Crippen molar-refractivity contribution in [1.29, 1.82) is 0 Å². The molecule has 0 atom stereocenters. The topological polar surface area (TPSA) is 61.7 Å². The third kappa shape index (κ3) is 5.75. The Morgan fingerprint density at radius 1 is 0.641 bits per heavy atom. The molecule has 0 bridgehead atoms. The van der Waals surface area contributed by atoms with Gasteiger partial charge in [-0.25, -0.2) is 0 Å². The molecule has 1 N–H and O–H groups in total. The fourth-order valence-electron chi connectivity index (χ4n) is 4.78. The van der Waals surface area contributed by atoms with Gasteiger partial charge in [0.2, 0.25) is 0 Å². The van der Waals surface area contributed by atoms with Gasteiger partial charge in [0.05, 0.1) is 39.1 Å². The molecule has 0 aliphatic carbocycles. The molecule has 0 fully saturated rings. The van der Waals surface area contributed by atoms with Crippen LogP contribution in [0, 0.1) is 0 Å². The van der Waals surface area contributed by atoms with Gasteiger partial charge in [-0.15, -0.1) is 0 Å². The molecular weight excluding hydrogens is 488 g/mol. The highest BCUT2D eigenvalue weighted by molar-refractivity contribution is 5.93. The molecule has 0 spiro atoms. The molecule has 6 heteroatoms. The fourth-order valence-corrected chi connectivity index (χ4v) is 4.78. The molecule has 4 aromatic carbocycles. The number of para-hydroxylation sites is 1. The van der Waals surface area contributed by atoms with Gasteiger partial charge in [0.1, 0.15) is 17.2 Å². The lowest BCUT2D eigenvalue weighted by Gasteiger charge is -2.20. The van der Waals surface area contributed by atoms with E-state index < -0.39 is 0 Å². The lowest BCUT2D eigenvalue weighted by molar-refractivity contribution is 0.414. The maximum absolute atomic E-state index is 14.2. The van der Waals surface area contributed by atoms with Gasteiger partial charge in [0.25, 0.3) is 5.56 Å². The van der Waals surface area contributed by atoms with E-state index in [1.807, 2.05) is 95.6 Å². The van der Waals surface area contributed by atoms with E-state index in [-0.39, 0.29) is 5.56 Å². The Hall–Kier alpha value is -4.71. The molecule has 1 heterocycles. The molecule has 5 aromatic rings. The minimum absolute atomic E-state index is 0.0161. The van der Waals surface area contributed by atoms with E-state index in [0.29, 0.717) is 19.5 Å². The monoisotopic (exact) mass is 520 g/mol. The molecule has 0 unspecified atom stereocenters. The summed E-state index contributed by atoms with van der Waals surface area (Å²) in [6.45, 7) is 1.03. The van der Waals surface area contributed by atoms with Gasteiger partial charge >= 0.3 is 0 Å². The third-order valence-corrected chi connectivity index (χ3v) is 6.94. The van der Waals surface area contributed by atoms with Gasteiger partial charge in [-0.1, -0.05) is 54.6 Å². The molecule has 5 rings (SSSR count). The molecule has 6 nitrogen and oxygen atoms in total. The number of aromatic nitrogens is 1. The van der Waals surface area contributed by atoms with E-state index in [1.165, 1.54) is 0 Å². The minimum atomic E-state index is -0.0161. The van der Waals surface area contributed by atoms with Crippen molar-refractivity contribution in [3.63, 3.8) is 0 Å². The number of hydrogen-bond acceptors (Lipinski definition) is 5. The van der Waals surface area contributed by atoms with E-state index >= 15 is 0 Å². The number of methoxy groups -OCH3 is 3. The molecule has 0 aliphatic heterocycles. The zero-order chi connectivity index (χ0) is 27.2. The molecular formula is C33H32N2O4. The van der Waals surface area contributed by atoms with Gasteiger partial charge in [-0.3, -0.25) is 4.79 Å². The SMILES string of the molecule is COc1ccc(CNc2c(Cc3ccc(OC)cc3)c(=O)n(Cc3ccc(OC)cc3)c3ccccc23)cc1. The van der Waals surface area contributed by atoms with E-state index in [1.54, 1.807) is 21.3 Å². The number of rotatable bonds is 10. The van der Waals surface area contributed by atoms with Crippen molar-refractivity contribution in [1.82, 2.24) is 4.57 Å². The smallest absolute Gasteiger partial charge is 0.256 e. The van der Waals surface area contributed by atoms with Crippen molar-refractivity contribution < 1.29 is 14.2 Å². The molecule has 0 aliphatic rings. The number of anilines is 1. The summed E-state index contributed by atoms with van der Waals surface area (Å²) >= 11 is 0. The standard InChI is InChI=1S/C33H32N2O4/c1-37-26-14-8-23(9-15-26)20-30-32(34-21-24-10-16-27(38-2)17-11-24)29-6-4-5-7-31(29)35(33(30)36)22-25-12-18-28(39-3)19-13-25/h4-19,34H,20-22H2,1-3H3. The van der Waals surface area contributed by atoms with Crippen LogP contribution >= 0.6 is 0 Å². The Balaban J connectivity index is 1.60.